The summed E-state index contributed by atoms with van der Waals surface area (Å²) in [6.07, 6.45) is 1.58. The first-order valence-electron chi connectivity index (χ1n) is 9.84. The fourth-order valence-corrected chi connectivity index (χ4v) is 3.51. The number of rotatable bonds is 8. The Labute approximate surface area is 160 Å². The molecule has 9 nitrogen and oxygen atoms in total. The van der Waals surface area contributed by atoms with Crippen LogP contribution in [0.25, 0.3) is 0 Å². The zero-order valence-corrected chi connectivity index (χ0v) is 16.3. The molecule has 1 saturated carbocycles. The van der Waals surface area contributed by atoms with Gasteiger partial charge in [-0.15, -0.1) is 0 Å². The Bertz CT molecular complexity index is 484. The molecule has 156 valence electrons. The Kier molecular flexibility index (Phi) is 8.75. The SMILES string of the molecule is CN(C)CCNC(=O)CC1OC(CNC(=O)NC2CCCCC2)C(O)C1O. The highest BCUT2D eigenvalue weighted by molar-refractivity contribution is 5.76. The van der Waals surface area contributed by atoms with Crippen molar-refractivity contribution in [1.82, 2.24) is 20.9 Å². The highest BCUT2D eigenvalue weighted by Crippen LogP contribution is 2.23. The van der Waals surface area contributed by atoms with Gasteiger partial charge in [-0.25, -0.2) is 4.79 Å². The second-order valence-corrected chi connectivity index (χ2v) is 7.74. The van der Waals surface area contributed by atoms with Gasteiger partial charge in [-0.2, -0.15) is 0 Å². The monoisotopic (exact) mass is 386 g/mol. The Morgan fingerprint density at radius 1 is 1.04 bits per heavy atom. The molecule has 0 spiro atoms. The lowest BCUT2D eigenvalue weighted by atomic mass is 9.96. The molecule has 0 aromatic carbocycles. The maximum Gasteiger partial charge on any atom is 0.315 e. The maximum atomic E-state index is 12.0. The number of nitrogens with one attached hydrogen (secondary N) is 3. The fourth-order valence-electron chi connectivity index (χ4n) is 3.51. The van der Waals surface area contributed by atoms with Crippen molar-refractivity contribution in [2.45, 2.75) is 69.0 Å². The van der Waals surface area contributed by atoms with E-state index < -0.39 is 24.4 Å². The Balaban J connectivity index is 1.70. The summed E-state index contributed by atoms with van der Waals surface area (Å²) < 4.78 is 5.61. The molecule has 1 aliphatic carbocycles. The molecule has 9 heteroatoms. The molecule has 0 radical (unpaired) electrons. The second-order valence-electron chi connectivity index (χ2n) is 7.74. The summed E-state index contributed by atoms with van der Waals surface area (Å²) in [7, 11) is 3.82. The van der Waals surface area contributed by atoms with Crippen LogP contribution in [0.4, 0.5) is 4.79 Å². The van der Waals surface area contributed by atoms with E-state index in [-0.39, 0.29) is 30.9 Å². The number of nitrogens with zero attached hydrogens (tertiary/aromatic N) is 1. The van der Waals surface area contributed by atoms with Gasteiger partial charge in [0.2, 0.25) is 5.91 Å². The van der Waals surface area contributed by atoms with Gasteiger partial charge in [-0.05, 0) is 26.9 Å². The third-order valence-corrected chi connectivity index (χ3v) is 5.13. The van der Waals surface area contributed by atoms with Gasteiger partial charge >= 0.3 is 6.03 Å². The van der Waals surface area contributed by atoms with E-state index in [4.69, 9.17) is 4.74 Å². The molecule has 1 saturated heterocycles. The van der Waals surface area contributed by atoms with Crippen molar-refractivity contribution < 1.29 is 24.5 Å². The average molecular weight is 386 g/mol. The molecule has 1 heterocycles. The minimum atomic E-state index is -1.15. The van der Waals surface area contributed by atoms with Crippen LogP contribution in [0.2, 0.25) is 0 Å². The first-order chi connectivity index (χ1) is 12.9. The zero-order valence-electron chi connectivity index (χ0n) is 16.3. The molecule has 27 heavy (non-hydrogen) atoms. The van der Waals surface area contributed by atoms with Gasteiger partial charge in [0.25, 0.3) is 0 Å². The van der Waals surface area contributed by atoms with Gasteiger partial charge < -0.3 is 35.8 Å². The summed E-state index contributed by atoms with van der Waals surface area (Å²) in [5.74, 6) is -0.239. The van der Waals surface area contributed by atoms with Crippen molar-refractivity contribution in [2.24, 2.45) is 0 Å². The van der Waals surface area contributed by atoms with Crippen LogP contribution >= 0.6 is 0 Å². The van der Waals surface area contributed by atoms with Crippen LogP contribution in [-0.2, 0) is 9.53 Å². The van der Waals surface area contributed by atoms with Gasteiger partial charge in [-0.3, -0.25) is 4.79 Å². The number of ether oxygens (including phenoxy) is 1. The Morgan fingerprint density at radius 3 is 2.37 bits per heavy atom. The molecule has 0 aromatic rings. The van der Waals surface area contributed by atoms with Crippen LogP contribution in [0.15, 0.2) is 0 Å². The van der Waals surface area contributed by atoms with Gasteiger partial charge in [0.05, 0.1) is 12.5 Å². The topological polar surface area (TPSA) is 123 Å². The quantitative estimate of drug-likeness (QED) is 0.371. The molecule has 5 N–H and O–H groups in total. The lowest BCUT2D eigenvalue weighted by Gasteiger charge is -2.23. The first-order valence-corrected chi connectivity index (χ1v) is 9.84. The van der Waals surface area contributed by atoms with E-state index in [1.165, 1.54) is 6.42 Å². The summed E-state index contributed by atoms with van der Waals surface area (Å²) in [5, 5.41) is 28.6. The Hall–Kier alpha value is -1.42. The van der Waals surface area contributed by atoms with Crippen LogP contribution < -0.4 is 16.0 Å². The van der Waals surface area contributed by atoms with E-state index in [0.29, 0.717) is 13.1 Å². The highest BCUT2D eigenvalue weighted by Gasteiger charge is 2.43. The second kappa shape index (κ2) is 10.8. The molecule has 0 aromatic heterocycles. The van der Waals surface area contributed by atoms with Crippen molar-refractivity contribution in [2.75, 3.05) is 33.7 Å². The fraction of sp³-hybridized carbons (Fsp3) is 0.889. The van der Waals surface area contributed by atoms with Crippen LogP contribution in [0.1, 0.15) is 38.5 Å². The lowest BCUT2D eigenvalue weighted by Crippen LogP contribution is -2.47. The van der Waals surface area contributed by atoms with Gasteiger partial charge in [0.1, 0.15) is 18.3 Å². The van der Waals surface area contributed by atoms with E-state index in [2.05, 4.69) is 16.0 Å². The first kappa shape index (κ1) is 21.9. The minimum absolute atomic E-state index is 0.0313. The summed E-state index contributed by atoms with van der Waals surface area (Å²) in [6.45, 7) is 1.30. The Morgan fingerprint density at radius 2 is 1.70 bits per heavy atom. The number of hydrogen-bond donors (Lipinski definition) is 5. The van der Waals surface area contributed by atoms with E-state index in [9.17, 15) is 19.8 Å². The molecule has 4 unspecified atom stereocenters. The van der Waals surface area contributed by atoms with Gasteiger partial charge in [0.15, 0.2) is 0 Å². The molecule has 3 amide bonds. The van der Waals surface area contributed by atoms with Gasteiger partial charge in [0, 0.05) is 25.7 Å². The summed E-state index contributed by atoms with van der Waals surface area (Å²) in [4.78, 5) is 25.9. The van der Waals surface area contributed by atoms with Crippen molar-refractivity contribution >= 4 is 11.9 Å². The minimum Gasteiger partial charge on any atom is -0.388 e. The largest absolute Gasteiger partial charge is 0.388 e. The molecule has 2 aliphatic rings. The van der Waals surface area contributed by atoms with Crippen molar-refractivity contribution in [1.29, 1.82) is 0 Å². The summed E-state index contributed by atoms with van der Waals surface area (Å²) in [6, 6.07) is -0.102. The van der Waals surface area contributed by atoms with Gasteiger partial charge in [-0.1, -0.05) is 19.3 Å². The molecule has 2 rings (SSSR count). The number of carbonyl (C=O) groups is 2. The molecule has 0 bridgehead atoms. The smallest absolute Gasteiger partial charge is 0.315 e. The van der Waals surface area contributed by atoms with Crippen molar-refractivity contribution in [3.8, 4) is 0 Å². The number of aliphatic hydroxyl groups excluding tert-OH is 2. The standard InChI is InChI=1S/C18H34N4O5/c1-22(2)9-8-19-15(23)10-13-16(24)17(25)14(27-13)11-20-18(26)21-12-6-4-3-5-7-12/h12-14,16-17,24-25H,3-11H2,1-2H3,(H,19,23)(H2,20,21,26). The molecular formula is C18H34N4O5. The number of likely N-dealkylation sites (N-methyl/N-ethyl adjacent to an activating group) is 1. The normalized spacial score (nSPS) is 28.9. The van der Waals surface area contributed by atoms with Crippen LogP contribution in [-0.4, -0.2) is 91.2 Å². The predicted molar refractivity (Wildman–Crippen MR) is 100 cm³/mol. The third-order valence-electron chi connectivity index (χ3n) is 5.13. The number of carbonyl (C=O) groups excluding carboxylic acids is 2. The summed E-state index contributed by atoms with van der Waals surface area (Å²) in [5.41, 5.74) is 0. The number of urea groups is 1. The predicted octanol–water partition coefficient (Wildman–Crippen LogP) is -0.825. The number of amides is 3. The zero-order chi connectivity index (χ0) is 19.8. The molecule has 4 atom stereocenters. The molecular weight excluding hydrogens is 352 g/mol. The summed E-state index contributed by atoms with van der Waals surface area (Å²) >= 11 is 0. The van der Waals surface area contributed by atoms with E-state index in [1.54, 1.807) is 0 Å². The molecule has 1 aliphatic heterocycles. The lowest BCUT2D eigenvalue weighted by molar-refractivity contribution is -0.125. The molecule has 2 fully saturated rings. The van der Waals surface area contributed by atoms with E-state index in [1.807, 2.05) is 19.0 Å². The number of aliphatic hydroxyl groups is 2. The van der Waals surface area contributed by atoms with E-state index in [0.717, 1.165) is 25.7 Å². The average Bonchev–Trinajstić information content (AvgIpc) is 2.88. The van der Waals surface area contributed by atoms with Crippen LogP contribution in [0.5, 0.6) is 0 Å². The van der Waals surface area contributed by atoms with Crippen molar-refractivity contribution in [3.63, 3.8) is 0 Å². The van der Waals surface area contributed by atoms with E-state index >= 15 is 0 Å². The van der Waals surface area contributed by atoms with Crippen LogP contribution in [0.3, 0.4) is 0 Å². The number of hydrogen-bond acceptors (Lipinski definition) is 6. The highest BCUT2D eigenvalue weighted by atomic mass is 16.5. The maximum absolute atomic E-state index is 12.0. The third kappa shape index (κ3) is 7.25. The van der Waals surface area contributed by atoms with Crippen molar-refractivity contribution in [3.05, 3.63) is 0 Å². The van der Waals surface area contributed by atoms with Crippen LogP contribution in [0, 0.1) is 0 Å².